The number of nitriles is 1. The van der Waals surface area contributed by atoms with Gasteiger partial charge in [0.15, 0.2) is 5.78 Å². The van der Waals surface area contributed by atoms with Gasteiger partial charge in [0.2, 0.25) is 0 Å². The highest BCUT2D eigenvalue weighted by Gasteiger charge is 2.45. The minimum Gasteiger partial charge on any atom is -0.384 e. The molecule has 7 heteroatoms. The predicted molar refractivity (Wildman–Crippen MR) is 170 cm³/mol. The van der Waals surface area contributed by atoms with Crippen molar-refractivity contribution in [1.29, 1.82) is 5.26 Å². The van der Waals surface area contributed by atoms with Crippen molar-refractivity contribution in [2.75, 3.05) is 4.90 Å². The molecule has 0 fully saturated rings. The second-order valence-corrected chi connectivity index (χ2v) is 13.7. The summed E-state index contributed by atoms with van der Waals surface area (Å²) in [6, 6.07) is 20.5. The summed E-state index contributed by atoms with van der Waals surface area (Å²) >= 11 is 14.4. The first-order valence-corrected chi connectivity index (χ1v) is 15.3. The summed E-state index contributed by atoms with van der Waals surface area (Å²) < 4.78 is 0. The average molecular weight is 603 g/mol. The Hall–Kier alpha value is -3.17. The topological polar surface area (TPSA) is 70.1 Å². The summed E-state index contributed by atoms with van der Waals surface area (Å²) in [5.41, 5.74) is 14.6. The molecular formula is C34H33Cl2N3OS. The molecule has 0 bridgehead atoms. The van der Waals surface area contributed by atoms with Crippen LogP contribution in [0.25, 0.3) is 0 Å². The number of carbonyl (C=O) groups excluding carboxylic acids is 1. The number of nitrogens with zero attached hydrogens (tertiary/aromatic N) is 2. The number of hydrogen-bond donors (Lipinski definition) is 1. The molecule has 0 amide bonds. The van der Waals surface area contributed by atoms with Crippen molar-refractivity contribution < 1.29 is 4.79 Å². The highest BCUT2D eigenvalue weighted by atomic mass is 35.5. The van der Waals surface area contributed by atoms with Crippen molar-refractivity contribution in [1.82, 2.24) is 0 Å². The van der Waals surface area contributed by atoms with Gasteiger partial charge < -0.3 is 5.73 Å². The van der Waals surface area contributed by atoms with E-state index in [1.807, 2.05) is 11.0 Å². The van der Waals surface area contributed by atoms with Gasteiger partial charge in [0, 0.05) is 34.0 Å². The molecule has 5 rings (SSSR count). The Kier molecular flexibility index (Phi) is 8.05. The van der Waals surface area contributed by atoms with E-state index in [0.29, 0.717) is 45.5 Å². The van der Waals surface area contributed by atoms with E-state index in [0.717, 1.165) is 28.1 Å². The largest absolute Gasteiger partial charge is 0.384 e. The summed E-state index contributed by atoms with van der Waals surface area (Å²) in [5, 5.41) is 11.3. The fourth-order valence-corrected chi connectivity index (χ4v) is 7.19. The molecular weight excluding hydrogens is 569 g/mol. The maximum absolute atomic E-state index is 14.0. The van der Waals surface area contributed by atoms with Gasteiger partial charge in [0.05, 0.1) is 27.6 Å². The second-order valence-electron chi connectivity index (χ2n) is 11.8. The van der Waals surface area contributed by atoms with Gasteiger partial charge in [-0.1, -0.05) is 72.4 Å². The summed E-state index contributed by atoms with van der Waals surface area (Å²) in [5.74, 6) is 0.597. The molecule has 3 aromatic rings. The van der Waals surface area contributed by atoms with E-state index >= 15 is 0 Å². The van der Waals surface area contributed by atoms with Crippen LogP contribution < -0.4 is 10.6 Å². The molecule has 4 nitrogen and oxygen atoms in total. The van der Waals surface area contributed by atoms with Gasteiger partial charge in [-0.25, -0.2) is 0 Å². The van der Waals surface area contributed by atoms with Crippen LogP contribution in [-0.2, 0) is 10.5 Å². The highest BCUT2D eigenvalue weighted by Crippen LogP contribution is 2.51. The second kappa shape index (κ2) is 11.2. The van der Waals surface area contributed by atoms with Crippen LogP contribution in [0.15, 0.2) is 82.2 Å². The lowest BCUT2D eigenvalue weighted by Gasteiger charge is -2.44. The summed E-state index contributed by atoms with van der Waals surface area (Å²) in [7, 11) is 0. The number of allylic oxidation sites excluding steroid dienone is 3. The van der Waals surface area contributed by atoms with E-state index in [1.165, 1.54) is 16.0 Å². The molecule has 1 aliphatic heterocycles. The Bertz CT molecular complexity index is 1660. The van der Waals surface area contributed by atoms with Crippen LogP contribution in [0.5, 0.6) is 0 Å². The molecule has 1 unspecified atom stereocenters. The molecule has 0 saturated carbocycles. The molecule has 1 aliphatic carbocycles. The third kappa shape index (κ3) is 5.66. The third-order valence-corrected chi connectivity index (χ3v) is 9.77. The number of anilines is 1. The SMILES string of the molecule is Cc1ccc(SCc2cc(C)cc(C3C(C#N)=C(N)N(c4ccc(Cl)c(Cl)c4)C4=C3C(=O)CC(C)(C)C4)c2C)cc1. The van der Waals surface area contributed by atoms with Crippen LogP contribution >= 0.6 is 35.0 Å². The Labute approximate surface area is 256 Å². The van der Waals surface area contributed by atoms with Gasteiger partial charge in [0.25, 0.3) is 0 Å². The fraction of sp³-hybridized carbons (Fsp3) is 0.294. The third-order valence-electron chi connectivity index (χ3n) is 7.97. The molecule has 0 aromatic heterocycles. The fourth-order valence-electron chi connectivity index (χ4n) is 5.95. The minimum atomic E-state index is -0.541. The van der Waals surface area contributed by atoms with Crippen LogP contribution in [0.3, 0.4) is 0 Å². The zero-order valence-electron chi connectivity index (χ0n) is 23.9. The highest BCUT2D eigenvalue weighted by molar-refractivity contribution is 7.98. The van der Waals surface area contributed by atoms with Gasteiger partial charge >= 0.3 is 0 Å². The average Bonchev–Trinajstić information content (AvgIpc) is 2.90. The lowest BCUT2D eigenvalue weighted by molar-refractivity contribution is -0.118. The summed E-state index contributed by atoms with van der Waals surface area (Å²) in [4.78, 5) is 17.0. The molecule has 2 N–H and O–H groups in total. The molecule has 1 atom stereocenters. The number of ketones is 1. The van der Waals surface area contributed by atoms with Crippen LogP contribution in [0.1, 0.15) is 60.4 Å². The Morgan fingerprint density at radius 1 is 1.00 bits per heavy atom. The Morgan fingerprint density at radius 2 is 1.71 bits per heavy atom. The van der Waals surface area contributed by atoms with Gasteiger partial charge in [0.1, 0.15) is 5.82 Å². The maximum atomic E-state index is 14.0. The smallest absolute Gasteiger partial charge is 0.162 e. The van der Waals surface area contributed by atoms with Gasteiger partial charge in [-0.05, 0) is 79.6 Å². The Balaban J connectivity index is 1.67. The van der Waals surface area contributed by atoms with E-state index in [1.54, 1.807) is 23.9 Å². The number of Topliss-reactive ketones (excluding diaryl/α,β-unsaturated/α-hetero) is 1. The first-order chi connectivity index (χ1) is 19.4. The van der Waals surface area contributed by atoms with Crippen molar-refractivity contribution in [3.63, 3.8) is 0 Å². The molecule has 3 aromatic carbocycles. The van der Waals surface area contributed by atoms with E-state index in [4.69, 9.17) is 28.9 Å². The van der Waals surface area contributed by atoms with Crippen LogP contribution in [0.4, 0.5) is 5.69 Å². The molecule has 210 valence electrons. The lowest BCUT2D eigenvalue weighted by atomic mass is 9.68. The van der Waals surface area contributed by atoms with E-state index < -0.39 is 5.92 Å². The van der Waals surface area contributed by atoms with Crippen molar-refractivity contribution in [2.45, 2.75) is 64.0 Å². The zero-order valence-corrected chi connectivity index (χ0v) is 26.3. The number of carbonyl (C=O) groups is 1. The van der Waals surface area contributed by atoms with Crippen LogP contribution in [0.2, 0.25) is 10.0 Å². The van der Waals surface area contributed by atoms with Crippen molar-refractivity contribution >= 4 is 46.4 Å². The van der Waals surface area contributed by atoms with Crippen molar-refractivity contribution in [3.8, 4) is 6.07 Å². The normalized spacial score (nSPS) is 18.4. The molecule has 2 aliphatic rings. The number of nitrogens with two attached hydrogens (primary N) is 1. The van der Waals surface area contributed by atoms with Crippen molar-refractivity contribution in [2.24, 2.45) is 11.1 Å². The number of benzene rings is 3. The first kappa shape index (κ1) is 29.3. The monoisotopic (exact) mass is 601 g/mol. The van der Waals surface area contributed by atoms with Gasteiger partial charge in [-0.2, -0.15) is 5.26 Å². The Morgan fingerprint density at radius 3 is 2.37 bits per heavy atom. The first-order valence-electron chi connectivity index (χ1n) is 13.6. The number of hydrogen-bond acceptors (Lipinski definition) is 5. The number of halogens is 2. The predicted octanol–water partition coefficient (Wildman–Crippen LogP) is 9.15. The molecule has 0 saturated heterocycles. The number of aryl methyl sites for hydroxylation is 2. The molecule has 0 spiro atoms. The number of rotatable bonds is 5. The quantitative estimate of drug-likeness (QED) is 0.295. The molecule has 1 heterocycles. The van der Waals surface area contributed by atoms with E-state index in [-0.39, 0.29) is 11.2 Å². The minimum absolute atomic E-state index is 0.0445. The van der Waals surface area contributed by atoms with E-state index in [2.05, 4.69) is 77.1 Å². The van der Waals surface area contributed by atoms with E-state index in [9.17, 15) is 10.1 Å². The zero-order chi connectivity index (χ0) is 29.6. The summed E-state index contributed by atoms with van der Waals surface area (Å²) in [6.45, 7) is 10.4. The molecule has 0 radical (unpaired) electrons. The maximum Gasteiger partial charge on any atom is 0.162 e. The van der Waals surface area contributed by atoms with Crippen molar-refractivity contribution in [3.05, 3.63) is 115 Å². The number of thioether (sulfide) groups is 1. The standard InChI is InChI=1S/C34H33Cl2N3OS/c1-19-6-9-24(10-7-19)41-18-22-12-20(2)13-25(21(22)3)31-26(17-37)33(38)39(23-8-11-27(35)28(36)14-23)29-15-34(4,5)16-30(40)32(29)31/h6-14,31H,15-16,18,38H2,1-5H3. The molecule has 41 heavy (non-hydrogen) atoms. The summed E-state index contributed by atoms with van der Waals surface area (Å²) in [6.07, 6.45) is 1.03. The van der Waals surface area contributed by atoms with Gasteiger partial charge in [-0.3, -0.25) is 9.69 Å². The van der Waals surface area contributed by atoms with Crippen LogP contribution in [-0.4, -0.2) is 5.78 Å². The van der Waals surface area contributed by atoms with Gasteiger partial charge in [-0.15, -0.1) is 11.8 Å². The lowest BCUT2D eigenvalue weighted by Crippen LogP contribution is -2.42. The van der Waals surface area contributed by atoms with Crippen LogP contribution in [0, 0.1) is 37.5 Å².